The minimum Gasteiger partial charge on any atom is -0.466 e. The van der Waals surface area contributed by atoms with E-state index in [4.69, 9.17) is 48.4 Å². The van der Waals surface area contributed by atoms with Gasteiger partial charge in [0.1, 0.15) is 18.1 Å². The number of aromatic nitrogens is 4. The van der Waals surface area contributed by atoms with Crippen LogP contribution in [0.3, 0.4) is 0 Å². The molecule has 2 aliphatic rings. The van der Waals surface area contributed by atoms with Crippen LogP contribution < -0.4 is 16.0 Å². The number of hydrogen-bond acceptors (Lipinski definition) is 23. The summed E-state index contributed by atoms with van der Waals surface area (Å²) in [6.07, 6.45) is 4.86. The summed E-state index contributed by atoms with van der Waals surface area (Å²) in [5, 5.41) is 9.94. The standard InChI is InChI=1S/C60H85N11O15/c1-7-81-51(75)24-21-45(58(78)84-10-4)63-48(72)37-69-30-28-68(36-40-19-20-42-55(62-40)54-41(16-15-27-61-54)56-57(42)67-44-18-14-13-17-43(44)66-56)29-31-70(38-49(73)64-46(59(79)85-11-5)22-25-52(76)82-8-2)33-35-71(34-32-69)39-50(74)65-47(60(80)86-12-6)23-26-53(77)83-9-3/h15-16,19-20,27,45-47H,7-14,17-18,21-26,28-39H2,1-6H3,(H,63,72)(H,64,73)(H,65,74)/t45-,46-,47-/m0/s1. The molecule has 3 amide bonds. The maximum atomic E-state index is 14.1. The van der Waals surface area contributed by atoms with Gasteiger partial charge in [-0.1, -0.05) is 0 Å². The van der Waals surface area contributed by atoms with Crippen LogP contribution in [0.1, 0.15) is 110 Å². The number of carbonyl (C=O) groups is 9. The van der Waals surface area contributed by atoms with Gasteiger partial charge in [0.2, 0.25) is 17.7 Å². The molecule has 4 aromatic rings. The lowest BCUT2D eigenvalue weighted by Gasteiger charge is -2.34. The molecule has 3 aromatic heterocycles. The molecule has 0 radical (unpaired) electrons. The molecule has 3 atom stereocenters. The Morgan fingerprint density at radius 3 is 1.16 bits per heavy atom. The van der Waals surface area contributed by atoms with Crippen molar-refractivity contribution >= 4 is 86.4 Å². The number of fused-ring (bicyclic) bond motifs is 7. The fourth-order valence-electron chi connectivity index (χ4n) is 10.3. The van der Waals surface area contributed by atoms with Crippen molar-refractivity contribution in [3.8, 4) is 0 Å². The summed E-state index contributed by atoms with van der Waals surface area (Å²) in [6.45, 7) is 12.0. The van der Waals surface area contributed by atoms with Crippen molar-refractivity contribution in [2.75, 3.05) is 112 Å². The molecule has 1 saturated heterocycles. The number of amides is 3. The molecule has 470 valence electrons. The summed E-state index contributed by atoms with van der Waals surface area (Å²) in [7, 11) is 0. The Labute approximate surface area is 501 Å². The van der Waals surface area contributed by atoms with E-state index in [0.717, 1.165) is 58.9 Å². The summed E-state index contributed by atoms with van der Waals surface area (Å²) in [6, 6.07) is 4.34. The molecule has 1 aromatic carbocycles. The molecular formula is C60H85N11O15. The first-order valence-electron chi connectivity index (χ1n) is 30.2. The second kappa shape index (κ2) is 35.2. The predicted octanol–water partition coefficient (Wildman–Crippen LogP) is 2.50. The normalized spacial score (nSPS) is 15.8. The van der Waals surface area contributed by atoms with E-state index in [0.29, 0.717) is 36.4 Å². The average Bonchev–Trinajstić information content (AvgIpc) is 1.02. The Morgan fingerprint density at radius 1 is 0.442 bits per heavy atom. The molecule has 4 heterocycles. The van der Waals surface area contributed by atoms with Crippen molar-refractivity contribution in [3.05, 3.63) is 47.5 Å². The molecule has 6 rings (SSSR count). The van der Waals surface area contributed by atoms with E-state index in [9.17, 15) is 43.2 Å². The zero-order chi connectivity index (χ0) is 62.0. The summed E-state index contributed by atoms with van der Waals surface area (Å²) in [5.74, 6) is -5.38. The fourth-order valence-corrected chi connectivity index (χ4v) is 10.3. The maximum Gasteiger partial charge on any atom is 0.328 e. The van der Waals surface area contributed by atoms with Gasteiger partial charge in [-0.3, -0.25) is 53.4 Å². The second-order valence-electron chi connectivity index (χ2n) is 20.9. The van der Waals surface area contributed by atoms with E-state index in [2.05, 4.69) is 20.9 Å². The Balaban J connectivity index is 1.34. The average molecular weight is 1200 g/mol. The molecule has 1 fully saturated rings. The third-order valence-electron chi connectivity index (χ3n) is 14.6. The number of hydrogen-bond donors (Lipinski definition) is 3. The van der Waals surface area contributed by atoms with Crippen LogP contribution in [0.2, 0.25) is 0 Å². The first-order valence-corrected chi connectivity index (χ1v) is 30.2. The molecule has 0 unspecified atom stereocenters. The maximum absolute atomic E-state index is 14.1. The molecule has 0 saturated carbocycles. The number of carbonyl (C=O) groups excluding carboxylic acids is 9. The minimum atomic E-state index is -1.18. The van der Waals surface area contributed by atoms with Crippen molar-refractivity contribution in [2.24, 2.45) is 0 Å². The number of nitrogens with one attached hydrogen (secondary N) is 3. The third kappa shape index (κ3) is 20.9. The molecule has 26 heteroatoms. The van der Waals surface area contributed by atoms with Gasteiger partial charge in [0, 0.05) is 95.1 Å². The highest BCUT2D eigenvalue weighted by Gasteiger charge is 2.30. The van der Waals surface area contributed by atoms with Crippen LogP contribution in [0.5, 0.6) is 0 Å². The zero-order valence-corrected chi connectivity index (χ0v) is 50.6. The van der Waals surface area contributed by atoms with Crippen LogP contribution in [0.15, 0.2) is 30.5 Å². The highest BCUT2D eigenvalue weighted by atomic mass is 16.6. The molecule has 1 aliphatic carbocycles. The highest BCUT2D eigenvalue weighted by Crippen LogP contribution is 2.33. The topological polar surface area (TPSA) is 310 Å². The first kappa shape index (κ1) is 67.6. The van der Waals surface area contributed by atoms with Gasteiger partial charge in [-0.25, -0.2) is 29.3 Å². The predicted molar refractivity (Wildman–Crippen MR) is 315 cm³/mol. The number of ether oxygens (including phenoxy) is 6. The van der Waals surface area contributed by atoms with Crippen molar-refractivity contribution in [1.82, 2.24) is 55.5 Å². The largest absolute Gasteiger partial charge is 0.466 e. The van der Waals surface area contributed by atoms with Crippen LogP contribution in [0, 0.1) is 0 Å². The quantitative estimate of drug-likeness (QED) is 0.0400. The summed E-state index contributed by atoms with van der Waals surface area (Å²) in [5.41, 5.74) is 5.58. The number of esters is 6. The second-order valence-corrected chi connectivity index (χ2v) is 20.9. The lowest BCUT2D eigenvalue weighted by molar-refractivity contribution is -0.150. The Hall–Kier alpha value is -7.55. The number of aryl methyl sites for hydroxylation is 2. The lowest BCUT2D eigenvalue weighted by Crippen LogP contribution is -2.53. The van der Waals surface area contributed by atoms with Gasteiger partial charge in [0.05, 0.1) is 98.4 Å². The van der Waals surface area contributed by atoms with Crippen LogP contribution in [0.25, 0.3) is 32.8 Å². The minimum absolute atomic E-state index is 0.0284. The molecule has 3 N–H and O–H groups in total. The molecule has 86 heavy (non-hydrogen) atoms. The number of rotatable bonds is 29. The van der Waals surface area contributed by atoms with Crippen LogP contribution >= 0.6 is 0 Å². The van der Waals surface area contributed by atoms with E-state index < -0.39 is 71.7 Å². The third-order valence-corrected chi connectivity index (χ3v) is 14.6. The molecule has 0 spiro atoms. The summed E-state index contributed by atoms with van der Waals surface area (Å²) in [4.78, 5) is 147. The molecule has 0 bridgehead atoms. The number of pyridine rings is 2. The van der Waals surface area contributed by atoms with E-state index in [-0.39, 0.29) is 137 Å². The Kier molecular flexibility index (Phi) is 27.6. The molecular weight excluding hydrogens is 1110 g/mol. The van der Waals surface area contributed by atoms with Gasteiger partial charge in [0.15, 0.2) is 0 Å². The van der Waals surface area contributed by atoms with Gasteiger partial charge in [-0.15, -0.1) is 0 Å². The van der Waals surface area contributed by atoms with E-state index in [1.807, 2.05) is 34.1 Å². The van der Waals surface area contributed by atoms with Gasteiger partial charge >= 0.3 is 35.8 Å². The van der Waals surface area contributed by atoms with E-state index >= 15 is 0 Å². The van der Waals surface area contributed by atoms with Gasteiger partial charge in [-0.05, 0) is 111 Å². The van der Waals surface area contributed by atoms with E-state index in [1.165, 1.54) is 0 Å². The monoisotopic (exact) mass is 1200 g/mol. The summed E-state index contributed by atoms with van der Waals surface area (Å²) < 4.78 is 31.1. The highest BCUT2D eigenvalue weighted by molar-refractivity contribution is 6.20. The molecule has 1 aliphatic heterocycles. The summed E-state index contributed by atoms with van der Waals surface area (Å²) >= 11 is 0. The van der Waals surface area contributed by atoms with Crippen molar-refractivity contribution < 1.29 is 71.6 Å². The zero-order valence-electron chi connectivity index (χ0n) is 50.6. The Morgan fingerprint density at radius 2 is 0.791 bits per heavy atom. The molecule has 26 nitrogen and oxygen atoms in total. The van der Waals surface area contributed by atoms with Gasteiger partial charge in [0.25, 0.3) is 0 Å². The Bertz CT molecular complexity index is 2910. The van der Waals surface area contributed by atoms with Gasteiger partial charge in [-0.2, -0.15) is 0 Å². The van der Waals surface area contributed by atoms with Gasteiger partial charge < -0.3 is 44.4 Å². The van der Waals surface area contributed by atoms with E-state index in [1.54, 1.807) is 52.6 Å². The van der Waals surface area contributed by atoms with Crippen molar-refractivity contribution in [3.63, 3.8) is 0 Å². The van der Waals surface area contributed by atoms with Crippen LogP contribution in [-0.4, -0.2) is 223 Å². The fraction of sp³-hybridized carbons (Fsp3) is 0.617. The van der Waals surface area contributed by atoms with Crippen molar-refractivity contribution in [2.45, 2.75) is 130 Å². The first-order chi connectivity index (χ1) is 41.6. The number of nitrogens with zero attached hydrogens (tertiary/aromatic N) is 8. The lowest BCUT2D eigenvalue weighted by atomic mass is 9.99. The SMILES string of the molecule is CCOC(=O)CC[C@H](NC(=O)CN1CCN(CC(=O)N[C@@H](CCC(=O)OCC)C(=O)OCC)CCN(Cc2ccc3c(n2)c2ncccc2c2nc4c(nc32)CCCC4)CCN(CC(=O)N[C@@H](CCC(=O)OCC)C(=O)OCC)CC1)C(=O)OCC. The number of benzene rings is 1. The van der Waals surface area contributed by atoms with Crippen LogP contribution in [-0.2, 0) is 91.0 Å². The smallest absolute Gasteiger partial charge is 0.328 e. The van der Waals surface area contributed by atoms with Crippen molar-refractivity contribution in [1.29, 1.82) is 0 Å². The van der Waals surface area contributed by atoms with Crippen LogP contribution in [0.4, 0.5) is 0 Å².